The summed E-state index contributed by atoms with van der Waals surface area (Å²) in [5.41, 5.74) is 5.46. The first-order chi connectivity index (χ1) is 10.1. The van der Waals surface area contributed by atoms with Gasteiger partial charge in [-0.3, -0.25) is 0 Å². The van der Waals surface area contributed by atoms with E-state index >= 15 is 0 Å². The third kappa shape index (κ3) is 3.05. The molecule has 3 aromatic rings. The normalized spacial score (nSPS) is 11.2. The zero-order chi connectivity index (χ0) is 14.8. The molecule has 0 spiro atoms. The molecule has 0 saturated carbocycles. The lowest BCUT2D eigenvalue weighted by Gasteiger charge is -2.09. The van der Waals surface area contributed by atoms with Crippen LogP contribution in [0, 0.1) is 6.92 Å². The maximum Gasteiger partial charge on any atom is 0.155 e. The van der Waals surface area contributed by atoms with Crippen molar-refractivity contribution >= 4 is 11.3 Å². The summed E-state index contributed by atoms with van der Waals surface area (Å²) in [6.07, 6.45) is 3.91. The highest BCUT2D eigenvalue weighted by Gasteiger charge is 2.02. The first-order valence-corrected chi connectivity index (χ1v) is 7.26. The first kappa shape index (κ1) is 13.6. The van der Waals surface area contributed by atoms with E-state index in [1.165, 1.54) is 5.56 Å². The lowest BCUT2D eigenvalue weighted by Crippen LogP contribution is -2.02. The summed E-state index contributed by atoms with van der Waals surface area (Å²) < 4.78 is 1.83. The summed E-state index contributed by atoms with van der Waals surface area (Å²) in [7, 11) is 0. The minimum atomic E-state index is 0.564. The molecule has 3 rings (SSSR count). The fourth-order valence-electron chi connectivity index (χ4n) is 2.32. The van der Waals surface area contributed by atoms with Crippen molar-refractivity contribution in [1.82, 2.24) is 14.6 Å². The summed E-state index contributed by atoms with van der Waals surface area (Å²) in [5.74, 6) is 0.564. The Morgan fingerprint density at radius 3 is 2.67 bits per heavy atom. The number of rotatable bonds is 4. The number of nitrogens with zero attached hydrogens (tertiary/aromatic N) is 3. The van der Waals surface area contributed by atoms with Crippen LogP contribution in [-0.2, 0) is 6.54 Å². The van der Waals surface area contributed by atoms with E-state index in [1.807, 2.05) is 29.9 Å². The summed E-state index contributed by atoms with van der Waals surface area (Å²) in [6.45, 7) is 7.12. The van der Waals surface area contributed by atoms with Crippen LogP contribution in [0.3, 0.4) is 0 Å². The van der Waals surface area contributed by atoms with Crippen LogP contribution in [0.15, 0.2) is 42.7 Å². The highest BCUT2D eigenvalue weighted by molar-refractivity contribution is 5.46. The molecule has 108 valence electrons. The zero-order valence-corrected chi connectivity index (χ0v) is 12.7. The van der Waals surface area contributed by atoms with Gasteiger partial charge in [0.2, 0.25) is 0 Å². The number of hydrogen-bond acceptors (Lipinski definition) is 3. The standard InChI is InChI=1S/C17H20N4/c1-12(2)15-4-6-16(7-5-15)18-9-14-10-19-17-8-13(3)20-21(17)11-14/h4-8,10-12,18H,9H2,1-3H3. The van der Waals surface area contributed by atoms with Crippen LogP contribution in [0.4, 0.5) is 5.69 Å². The molecule has 0 aliphatic rings. The number of aryl methyl sites for hydroxylation is 1. The van der Waals surface area contributed by atoms with Gasteiger partial charge in [0.25, 0.3) is 0 Å². The lowest BCUT2D eigenvalue weighted by molar-refractivity contribution is 0.866. The van der Waals surface area contributed by atoms with Crippen molar-refractivity contribution in [2.24, 2.45) is 0 Å². The molecule has 0 fully saturated rings. The second kappa shape index (κ2) is 5.56. The van der Waals surface area contributed by atoms with Crippen molar-refractivity contribution in [2.75, 3.05) is 5.32 Å². The van der Waals surface area contributed by atoms with Crippen LogP contribution in [-0.4, -0.2) is 14.6 Å². The Kier molecular flexibility index (Phi) is 3.60. The first-order valence-electron chi connectivity index (χ1n) is 7.26. The number of fused-ring (bicyclic) bond motifs is 1. The van der Waals surface area contributed by atoms with Crippen molar-refractivity contribution in [2.45, 2.75) is 33.2 Å². The van der Waals surface area contributed by atoms with Gasteiger partial charge in [0.1, 0.15) is 0 Å². The van der Waals surface area contributed by atoms with Crippen LogP contribution in [0.1, 0.15) is 36.6 Å². The largest absolute Gasteiger partial charge is 0.381 e. The van der Waals surface area contributed by atoms with Crippen molar-refractivity contribution < 1.29 is 0 Å². The molecule has 0 bridgehead atoms. The lowest BCUT2D eigenvalue weighted by atomic mass is 10.0. The monoisotopic (exact) mass is 280 g/mol. The fraction of sp³-hybridized carbons (Fsp3) is 0.294. The van der Waals surface area contributed by atoms with Crippen LogP contribution in [0.25, 0.3) is 5.65 Å². The topological polar surface area (TPSA) is 42.2 Å². The SMILES string of the molecule is Cc1cc2ncc(CNc3ccc(C(C)C)cc3)cn2n1. The Bertz CT molecular complexity index is 741. The number of benzene rings is 1. The molecule has 0 aliphatic heterocycles. The van der Waals surface area contributed by atoms with E-state index in [-0.39, 0.29) is 0 Å². The Labute approximate surface area is 124 Å². The zero-order valence-electron chi connectivity index (χ0n) is 12.7. The molecule has 0 unspecified atom stereocenters. The van der Waals surface area contributed by atoms with Gasteiger partial charge in [-0.2, -0.15) is 5.10 Å². The van der Waals surface area contributed by atoms with Gasteiger partial charge in [0.05, 0.1) is 5.69 Å². The summed E-state index contributed by atoms with van der Waals surface area (Å²) in [6, 6.07) is 10.6. The van der Waals surface area contributed by atoms with E-state index in [0.29, 0.717) is 5.92 Å². The molecular formula is C17H20N4. The fourth-order valence-corrected chi connectivity index (χ4v) is 2.32. The van der Waals surface area contributed by atoms with E-state index in [1.54, 1.807) is 0 Å². The van der Waals surface area contributed by atoms with Gasteiger partial charge in [-0.15, -0.1) is 0 Å². The van der Waals surface area contributed by atoms with E-state index < -0.39 is 0 Å². The number of hydrogen-bond donors (Lipinski definition) is 1. The smallest absolute Gasteiger partial charge is 0.155 e. The Morgan fingerprint density at radius 1 is 1.19 bits per heavy atom. The third-order valence-electron chi connectivity index (χ3n) is 3.56. The second-order valence-electron chi connectivity index (χ2n) is 5.68. The number of anilines is 1. The molecule has 0 saturated heterocycles. The average Bonchev–Trinajstić information content (AvgIpc) is 2.84. The van der Waals surface area contributed by atoms with Crippen molar-refractivity contribution in [3.8, 4) is 0 Å². The van der Waals surface area contributed by atoms with Gasteiger partial charge < -0.3 is 5.32 Å². The Balaban J connectivity index is 1.70. The molecule has 0 atom stereocenters. The van der Waals surface area contributed by atoms with Crippen LogP contribution in [0.2, 0.25) is 0 Å². The van der Waals surface area contributed by atoms with Crippen LogP contribution < -0.4 is 5.32 Å². The van der Waals surface area contributed by atoms with Gasteiger partial charge in [-0.1, -0.05) is 26.0 Å². The molecule has 1 aromatic carbocycles. The summed E-state index contributed by atoms with van der Waals surface area (Å²) in [5, 5.41) is 7.80. The Hall–Kier alpha value is -2.36. The minimum absolute atomic E-state index is 0.564. The summed E-state index contributed by atoms with van der Waals surface area (Å²) >= 11 is 0. The van der Waals surface area contributed by atoms with Crippen LogP contribution in [0.5, 0.6) is 0 Å². The average molecular weight is 280 g/mol. The molecule has 4 nitrogen and oxygen atoms in total. The maximum absolute atomic E-state index is 4.41. The third-order valence-corrected chi connectivity index (χ3v) is 3.56. The second-order valence-corrected chi connectivity index (χ2v) is 5.68. The van der Waals surface area contributed by atoms with Gasteiger partial charge in [0, 0.05) is 36.3 Å². The van der Waals surface area contributed by atoms with E-state index in [2.05, 4.69) is 53.5 Å². The molecule has 4 heteroatoms. The number of nitrogens with one attached hydrogen (secondary N) is 1. The predicted octanol–water partition coefficient (Wildman–Crippen LogP) is 3.77. The van der Waals surface area contributed by atoms with E-state index in [0.717, 1.165) is 29.1 Å². The molecule has 2 aromatic heterocycles. The van der Waals surface area contributed by atoms with E-state index in [4.69, 9.17) is 0 Å². The van der Waals surface area contributed by atoms with Gasteiger partial charge in [0.15, 0.2) is 5.65 Å². The van der Waals surface area contributed by atoms with Crippen molar-refractivity contribution in [3.63, 3.8) is 0 Å². The summed E-state index contributed by atoms with van der Waals surface area (Å²) in [4.78, 5) is 4.41. The van der Waals surface area contributed by atoms with E-state index in [9.17, 15) is 0 Å². The molecule has 1 N–H and O–H groups in total. The molecule has 0 amide bonds. The molecule has 0 radical (unpaired) electrons. The van der Waals surface area contributed by atoms with Crippen molar-refractivity contribution in [1.29, 1.82) is 0 Å². The van der Waals surface area contributed by atoms with Crippen LogP contribution >= 0.6 is 0 Å². The molecule has 21 heavy (non-hydrogen) atoms. The highest BCUT2D eigenvalue weighted by Crippen LogP contribution is 2.17. The molecule has 2 heterocycles. The quantitative estimate of drug-likeness (QED) is 0.791. The molecular weight excluding hydrogens is 260 g/mol. The van der Waals surface area contributed by atoms with Gasteiger partial charge in [-0.05, 0) is 30.5 Å². The van der Waals surface area contributed by atoms with Crippen molar-refractivity contribution in [3.05, 3.63) is 59.5 Å². The Morgan fingerprint density at radius 2 is 1.95 bits per heavy atom. The minimum Gasteiger partial charge on any atom is -0.381 e. The highest BCUT2D eigenvalue weighted by atomic mass is 15.2. The van der Waals surface area contributed by atoms with Gasteiger partial charge in [-0.25, -0.2) is 9.50 Å². The molecule has 0 aliphatic carbocycles. The predicted molar refractivity (Wildman–Crippen MR) is 85.6 cm³/mol. The number of aromatic nitrogens is 3. The maximum atomic E-state index is 4.41. The van der Waals surface area contributed by atoms with Gasteiger partial charge >= 0.3 is 0 Å².